The van der Waals surface area contributed by atoms with Gasteiger partial charge in [-0.3, -0.25) is 4.79 Å². The van der Waals surface area contributed by atoms with Gasteiger partial charge in [-0.2, -0.15) is 0 Å². The highest BCUT2D eigenvalue weighted by Crippen LogP contribution is 2.70. The predicted molar refractivity (Wildman–Crippen MR) is 193 cm³/mol. The first-order valence-corrected chi connectivity index (χ1v) is 20.8. The topological polar surface area (TPSA) is 281 Å². The molecule has 7 fully saturated rings. The van der Waals surface area contributed by atoms with E-state index < -0.39 is 132 Å². The Morgan fingerprint density at radius 1 is 0.759 bits per heavy atom. The molecule has 9 N–H and O–H groups in total. The molecule has 0 radical (unpaired) electrons. The van der Waals surface area contributed by atoms with Crippen LogP contribution >= 0.6 is 0 Å². The van der Waals surface area contributed by atoms with Crippen LogP contribution in [-0.2, 0) is 42.7 Å². The average Bonchev–Trinajstić information content (AvgIpc) is 3.66. The van der Waals surface area contributed by atoms with Crippen molar-refractivity contribution in [1.82, 2.24) is 0 Å². The summed E-state index contributed by atoms with van der Waals surface area (Å²) in [5, 5.41) is 99.7. The Labute approximate surface area is 336 Å². The second kappa shape index (κ2) is 15.3. The number of Topliss-reactive ketones (excluding diaryl/α,β-unsaturated/α-hetero) is 1. The highest BCUT2D eigenvalue weighted by Gasteiger charge is 2.80. The summed E-state index contributed by atoms with van der Waals surface area (Å²) in [5.74, 6) is -2.59. The minimum Gasteiger partial charge on any atom is -0.458 e. The SMILES string of the molecule is CC1OC(OC2COC(OC3C(O)CC(OC4CCC5(C)C(CCC6(O)C5CCC5(C)C(C7=CC(=O)OC7)C(O)C(=O)C56O)C4)OC3C)C(O)C2O)C(O)C(O)C1O. The van der Waals surface area contributed by atoms with E-state index in [4.69, 9.17) is 33.2 Å². The number of hydrogen-bond acceptors (Lipinski definition) is 18. The molecule has 0 aromatic carbocycles. The highest BCUT2D eigenvalue weighted by atomic mass is 16.7. The van der Waals surface area contributed by atoms with Crippen LogP contribution < -0.4 is 0 Å². The zero-order valence-electron chi connectivity index (χ0n) is 33.2. The summed E-state index contributed by atoms with van der Waals surface area (Å²) < 4.78 is 40.4. The van der Waals surface area contributed by atoms with Gasteiger partial charge in [-0.1, -0.05) is 13.8 Å². The van der Waals surface area contributed by atoms with Crippen LogP contribution in [0.2, 0.25) is 0 Å². The standard InChI is InChI=1S/C40H60O18/c1-16-27(43)30(46)32(48)36(55-16)57-22-15-53-35(31(47)28(22)44)58-33-17(2)54-25(13-21(33)41)56-20-6-8-37(3)19(12-20)5-10-39(50)23(37)7-9-38(4)26(18-11-24(42)52-14-18)29(45)34(49)40(38,39)51/h11,16-17,19-23,25-33,35-36,41,43-48,50-51H,5-10,12-15H2,1-4H3. The lowest BCUT2D eigenvalue weighted by Gasteiger charge is -2.66. The molecule has 22 unspecified atom stereocenters. The first-order chi connectivity index (χ1) is 27.2. The fourth-order valence-corrected chi connectivity index (χ4v) is 12.4. The van der Waals surface area contributed by atoms with E-state index in [1.54, 1.807) is 13.8 Å². The molecule has 4 aliphatic heterocycles. The van der Waals surface area contributed by atoms with Gasteiger partial charge >= 0.3 is 5.97 Å². The lowest BCUT2D eigenvalue weighted by Crippen LogP contribution is -2.75. The van der Waals surface area contributed by atoms with Gasteiger partial charge in [-0.15, -0.1) is 0 Å². The van der Waals surface area contributed by atoms with E-state index in [-0.39, 0.29) is 38.1 Å². The molecular weight excluding hydrogens is 768 g/mol. The van der Waals surface area contributed by atoms with E-state index in [1.807, 2.05) is 0 Å². The Bertz CT molecular complexity index is 1600. The van der Waals surface area contributed by atoms with Gasteiger partial charge in [0.1, 0.15) is 61.0 Å². The maximum Gasteiger partial charge on any atom is 0.331 e. The number of ketones is 1. The van der Waals surface area contributed by atoms with E-state index in [1.165, 1.54) is 13.0 Å². The van der Waals surface area contributed by atoms with Crippen molar-refractivity contribution in [3.05, 3.63) is 11.6 Å². The number of ether oxygens (including phenoxy) is 7. The van der Waals surface area contributed by atoms with Gasteiger partial charge in [0.25, 0.3) is 0 Å². The summed E-state index contributed by atoms with van der Waals surface area (Å²) in [6, 6.07) is 0. The normalized spacial score (nSPS) is 55.9. The third-order valence-electron chi connectivity index (χ3n) is 15.7. The maximum atomic E-state index is 13.9. The number of rotatable bonds is 7. The molecule has 0 spiro atoms. The Morgan fingerprint density at radius 2 is 1.48 bits per heavy atom. The van der Waals surface area contributed by atoms with Gasteiger partial charge in [0, 0.05) is 23.8 Å². The summed E-state index contributed by atoms with van der Waals surface area (Å²) in [7, 11) is 0. The molecule has 8 aliphatic rings. The fourth-order valence-electron chi connectivity index (χ4n) is 12.4. The quantitative estimate of drug-likeness (QED) is 0.0998. The van der Waals surface area contributed by atoms with Gasteiger partial charge in [0.15, 0.2) is 30.3 Å². The van der Waals surface area contributed by atoms with Gasteiger partial charge in [0.2, 0.25) is 0 Å². The number of carbonyl (C=O) groups excluding carboxylic acids is 2. The molecule has 58 heavy (non-hydrogen) atoms. The van der Waals surface area contributed by atoms with Crippen molar-refractivity contribution in [3.63, 3.8) is 0 Å². The molecule has 0 aromatic heterocycles. The van der Waals surface area contributed by atoms with Gasteiger partial charge in [-0.25, -0.2) is 4.79 Å². The molecule has 328 valence electrons. The molecule has 3 saturated heterocycles. The number of aliphatic hydroxyl groups is 9. The lowest BCUT2D eigenvalue weighted by atomic mass is 9.41. The third kappa shape index (κ3) is 6.47. The summed E-state index contributed by atoms with van der Waals surface area (Å²) in [5.41, 5.74) is -5.24. The molecule has 4 aliphatic carbocycles. The Balaban J connectivity index is 0.861. The number of cyclic esters (lactones) is 1. The van der Waals surface area contributed by atoms with Crippen molar-refractivity contribution in [2.75, 3.05) is 13.2 Å². The van der Waals surface area contributed by atoms with Crippen LogP contribution in [-0.4, -0.2) is 174 Å². The molecule has 18 nitrogen and oxygen atoms in total. The molecule has 0 aromatic rings. The van der Waals surface area contributed by atoms with E-state index in [0.717, 1.165) is 0 Å². The van der Waals surface area contributed by atoms with Crippen molar-refractivity contribution >= 4 is 11.8 Å². The second-order valence-electron chi connectivity index (χ2n) is 18.7. The van der Waals surface area contributed by atoms with Crippen molar-refractivity contribution < 1.29 is 88.7 Å². The van der Waals surface area contributed by atoms with Gasteiger partial charge < -0.3 is 79.1 Å². The number of aliphatic hydroxyl groups excluding tert-OH is 7. The summed E-state index contributed by atoms with van der Waals surface area (Å²) >= 11 is 0. The average molecular weight is 829 g/mol. The number of esters is 1. The van der Waals surface area contributed by atoms with Crippen LogP contribution in [0.3, 0.4) is 0 Å². The molecule has 4 saturated carbocycles. The van der Waals surface area contributed by atoms with Crippen LogP contribution in [0.4, 0.5) is 0 Å². The largest absolute Gasteiger partial charge is 0.458 e. The van der Waals surface area contributed by atoms with Gasteiger partial charge in [0.05, 0.1) is 31.0 Å². The molecular formula is C40H60O18. The van der Waals surface area contributed by atoms with Gasteiger partial charge in [-0.05, 0) is 81.6 Å². The smallest absolute Gasteiger partial charge is 0.331 e. The van der Waals surface area contributed by atoms with Crippen molar-refractivity contribution in [2.24, 2.45) is 28.6 Å². The molecule has 18 heteroatoms. The van der Waals surface area contributed by atoms with Crippen LogP contribution in [0, 0.1) is 28.6 Å². The zero-order valence-corrected chi connectivity index (χ0v) is 33.2. The molecule has 0 bridgehead atoms. The monoisotopic (exact) mass is 828 g/mol. The van der Waals surface area contributed by atoms with Crippen LogP contribution in [0.1, 0.15) is 79.1 Å². The number of hydrogen-bond donors (Lipinski definition) is 9. The number of carbonyl (C=O) groups is 2. The van der Waals surface area contributed by atoms with Crippen molar-refractivity contribution in [3.8, 4) is 0 Å². The van der Waals surface area contributed by atoms with Crippen molar-refractivity contribution in [2.45, 2.75) is 182 Å². The predicted octanol–water partition coefficient (Wildman–Crippen LogP) is -1.93. The fraction of sp³-hybridized carbons (Fsp3) is 0.900. The Kier molecular flexibility index (Phi) is 11.3. The van der Waals surface area contributed by atoms with Crippen LogP contribution in [0.5, 0.6) is 0 Å². The molecule has 4 heterocycles. The molecule has 0 amide bonds. The van der Waals surface area contributed by atoms with E-state index in [0.29, 0.717) is 44.1 Å². The minimum absolute atomic E-state index is 0.0421. The Morgan fingerprint density at radius 3 is 2.17 bits per heavy atom. The highest BCUT2D eigenvalue weighted by molar-refractivity contribution is 5.98. The first kappa shape index (κ1) is 42.9. The van der Waals surface area contributed by atoms with E-state index >= 15 is 0 Å². The molecule has 8 rings (SSSR count). The second-order valence-corrected chi connectivity index (χ2v) is 18.7. The first-order valence-electron chi connectivity index (χ1n) is 20.8. The lowest BCUT2D eigenvalue weighted by molar-refractivity contribution is -0.355. The summed E-state index contributed by atoms with van der Waals surface area (Å²) in [6.45, 7) is 6.65. The maximum absolute atomic E-state index is 13.9. The minimum atomic E-state index is -2.23. The van der Waals surface area contributed by atoms with Crippen LogP contribution in [0.15, 0.2) is 11.6 Å². The van der Waals surface area contributed by atoms with Crippen molar-refractivity contribution in [1.29, 1.82) is 0 Å². The summed E-state index contributed by atoms with van der Waals surface area (Å²) in [6.07, 6.45) is -13.3. The molecule has 22 atom stereocenters. The van der Waals surface area contributed by atoms with E-state index in [9.17, 15) is 55.5 Å². The summed E-state index contributed by atoms with van der Waals surface area (Å²) in [4.78, 5) is 25.9. The van der Waals surface area contributed by atoms with E-state index in [2.05, 4.69) is 6.92 Å². The van der Waals surface area contributed by atoms with Crippen LogP contribution in [0.25, 0.3) is 0 Å². The third-order valence-corrected chi connectivity index (χ3v) is 15.7. The Hall–Kier alpha value is -1.72. The zero-order chi connectivity index (χ0) is 41.9. The number of fused-ring (bicyclic) bond motifs is 5.